The van der Waals surface area contributed by atoms with E-state index in [9.17, 15) is 0 Å². The highest BCUT2D eigenvalue weighted by Gasteiger charge is 2.10. The van der Waals surface area contributed by atoms with E-state index in [4.69, 9.17) is 5.11 Å². The van der Waals surface area contributed by atoms with E-state index < -0.39 is 0 Å². The van der Waals surface area contributed by atoms with Gasteiger partial charge in [-0.05, 0) is 31.7 Å². The maximum Gasteiger partial charge on any atom is 0.0433 e. The molecule has 3 nitrogen and oxygen atoms in total. The van der Waals surface area contributed by atoms with Gasteiger partial charge in [-0.15, -0.1) is 0 Å². The maximum absolute atomic E-state index is 8.90. The monoisotopic (exact) mass is 244 g/mol. The van der Waals surface area contributed by atoms with E-state index in [0.717, 1.165) is 25.4 Å². The molecule has 1 atom stereocenters. The second-order valence-corrected chi connectivity index (χ2v) is 4.52. The van der Waals surface area contributed by atoms with Crippen LogP contribution in [0.5, 0.6) is 0 Å². The Morgan fingerprint density at radius 1 is 1.18 bits per heavy atom. The quantitative estimate of drug-likeness (QED) is 0.720. The number of rotatable bonds is 7. The Labute approximate surface area is 108 Å². The lowest BCUT2D eigenvalue weighted by atomic mass is 9.97. The van der Waals surface area contributed by atoms with Crippen molar-refractivity contribution < 1.29 is 5.11 Å². The zero-order valence-electron chi connectivity index (χ0n) is 12.0. The van der Waals surface area contributed by atoms with Crippen LogP contribution in [0.1, 0.15) is 46.5 Å². The van der Waals surface area contributed by atoms with Crippen molar-refractivity contribution in [2.75, 3.05) is 39.3 Å². The average Bonchev–Trinajstić information content (AvgIpc) is 2.41. The Kier molecular flexibility index (Phi) is 12.3. The Balaban J connectivity index is 0.00000121. The summed E-state index contributed by atoms with van der Waals surface area (Å²) in [5.41, 5.74) is 0. The third-order valence-corrected chi connectivity index (χ3v) is 3.41. The van der Waals surface area contributed by atoms with Gasteiger partial charge in [0.2, 0.25) is 0 Å². The first-order chi connectivity index (χ1) is 8.36. The van der Waals surface area contributed by atoms with Crippen molar-refractivity contribution in [2.45, 2.75) is 46.5 Å². The number of nitrogens with zero attached hydrogens (tertiary/aromatic N) is 1. The fourth-order valence-electron chi connectivity index (χ4n) is 2.27. The fraction of sp³-hybridized carbons (Fsp3) is 1.00. The molecular weight excluding hydrogens is 212 g/mol. The summed E-state index contributed by atoms with van der Waals surface area (Å²) in [6.45, 7) is 12.5. The van der Waals surface area contributed by atoms with Gasteiger partial charge in [-0.1, -0.05) is 27.2 Å². The molecule has 1 aliphatic heterocycles. The zero-order valence-corrected chi connectivity index (χ0v) is 12.0. The van der Waals surface area contributed by atoms with Gasteiger partial charge in [0, 0.05) is 32.8 Å². The van der Waals surface area contributed by atoms with Crippen LogP contribution in [-0.2, 0) is 0 Å². The molecule has 0 radical (unpaired) electrons. The molecule has 1 heterocycles. The highest BCUT2D eigenvalue weighted by atomic mass is 16.3. The first kappa shape index (κ1) is 16.9. The minimum absolute atomic E-state index is 0.353. The Morgan fingerprint density at radius 2 is 1.82 bits per heavy atom. The van der Waals surface area contributed by atoms with Gasteiger partial charge in [0.15, 0.2) is 0 Å². The van der Waals surface area contributed by atoms with E-state index in [1.165, 1.54) is 38.9 Å². The molecule has 2 N–H and O–H groups in total. The molecule has 1 fully saturated rings. The van der Waals surface area contributed by atoms with Crippen LogP contribution < -0.4 is 5.32 Å². The van der Waals surface area contributed by atoms with Gasteiger partial charge in [-0.25, -0.2) is 0 Å². The molecule has 1 unspecified atom stereocenters. The molecule has 0 aromatic rings. The van der Waals surface area contributed by atoms with E-state index >= 15 is 0 Å². The number of aliphatic hydroxyl groups excluding tert-OH is 1. The lowest BCUT2D eigenvalue weighted by Gasteiger charge is -2.27. The lowest BCUT2D eigenvalue weighted by Crippen LogP contribution is -2.43. The molecule has 1 rings (SSSR count). The topological polar surface area (TPSA) is 35.5 Å². The molecular formula is C14H32N2O. The molecule has 1 saturated heterocycles. The molecule has 0 aliphatic carbocycles. The second-order valence-electron chi connectivity index (χ2n) is 4.52. The van der Waals surface area contributed by atoms with Crippen molar-refractivity contribution in [3.63, 3.8) is 0 Å². The Morgan fingerprint density at radius 3 is 2.35 bits per heavy atom. The normalized spacial score (nSPS) is 18.4. The number of hydrogen-bond donors (Lipinski definition) is 2. The van der Waals surface area contributed by atoms with E-state index in [2.05, 4.69) is 17.1 Å². The smallest absolute Gasteiger partial charge is 0.0433 e. The van der Waals surface area contributed by atoms with Gasteiger partial charge < -0.3 is 15.3 Å². The van der Waals surface area contributed by atoms with Crippen LogP contribution in [0.2, 0.25) is 0 Å². The van der Waals surface area contributed by atoms with Crippen molar-refractivity contribution in [1.82, 2.24) is 10.2 Å². The van der Waals surface area contributed by atoms with Crippen molar-refractivity contribution in [1.29, 1.82) is 0 Å². The van der Waals surface area contributed by atoms with Crippen LogP contribution in [-0.4, -0.2) is 49.3 Å². The van der Waals surface area contributed by atoms with Crippen LogP contribution in [0.25, 0.3) is 0 Å². The molecule has 0 bridgehead atoms. The third-order valence-electron chi connectivity index (χ3n) is 3.41. The summed E-state index contributed by atoms with van der Waals surface area (Å²) in [4.78, 5) is 2.54. The number of hydrogen-bond acceptors (Lipinski definition) is 3. The number of aliphatic hydroxyl groups is 1. The van der Waals surface area contributed by atoms with E-state index in [1.54, 1.807) is 0 Å². The van der Waals surface area contributed by atoms with Crippen molar-refractivity contribution in [3.05, 3.63) is 0 Å². The van der Waals surface area contributed by atoms with Gasteiger partial charge in [-0.3, -0.25) is 0 Å². The summed E-state index contributed by atoms with van der Waals surface area (Å²) in [6, 6.07) is 0. The lowest BCUT2D eigenvalue weighted by molar-refractivity contribution is 0.217. The molecule has 0 spiro atoms. The summed E-state index contributed by atoms with van der Waals surface area (Å²) in [5, 5.41) is 12.3. The van der Waals surface area contributed by atoms with Gasteiger partial charge in [-0.2, -0.15) is 0 Å². The van der Waals surface area contributed by atoms with Crippen LogP contribution >= 0.6 is 0 Å². The molecule has 3 heteroatoms. The minimum Gasteiger partial charge on any atom is -0.396 e. The molecule has 1 aliphatic rings. The molecule has 0 aromatic heterocycles. The summed E-state index contributed by atoms with van der Waals surface area (Å²) < 4.78 is 0. The maximum atomic E-state index is 8.90. The largest absolute Gasteiger partial charge is 0.396 e. The number of nitrogens with one attached hydrogen (secondary N) is 1. The zero-order chi connectivity index (χ0) is 12.9. The third kappa shape index (κ3) is 8.58. The van der Waals surface area contributed by atoms with Crippen molar-refractivity contribution in [2.24, 2.45) is 5.92 Å². The standard InChI is InChI=1S/C12H26N2O.C2H6/c1-2-12(5-11-15)4-3-8-14-9-6-13-7-10-14;1-2/h12-13,15H,2-11H2,1H3;1-2H3. The van der Waals surface area contributed by atoms with Gasteiger partial charge in [0.05, 0.1) is 0 Å². The number of piperazine rings is 1. The van der Waals surface area contributed by atoms with Crippen molar-refractivity contribution >= 4 is 0 Å². The fourth-order valence-corrected chi connectivity index (χ4v) is 2.27. The highest BCUT2D eigenvalue weighted by molar-refractivity contribution is 4.68. The first-order valence-electron chi connectivity index (χ1n) is 7.40. The summed E-state index contributed by atoms with van der Waals surface area (Å²) in [6.07, 6.45) is 4.76. The van der Waals surface area contributed by atoms with E-state index in [0.29, 0.717) is 6.61 Å². The van der Waals surface area contributed by atoms with Gasteiger partial charge in [0.25, 0.3) is 0 Å². The molecule has 0 amide bonds. The summed E-state index contributed by atoms with van der Waals surface area (Å²) in [5.74, 6) is 0.734. The van der Waals surface area contributed by atoms with Crippen LogP contribution in [0.15, 0.2) is 0 Å². The highest BCUT2D eigenvalue weighted by Crippen LogP contribution is 2.15. The summed E-state index contributed by atoms with van der Waals surface area (Å²) >= 11 is 0. The molecule has 104 valence electrons. The molecule has 0 aromatic carbocycles. The van der Waals surface area contributed by atoms with Crippen LogP contribution in [0.4, 0.5) is 0 Å². The van der Waals surface area contributed by atoms with Gasteiger partial charge >= 0.3 is 0 Å². The Hall–Kier alpha value is -0.120. The SMILES string of the molecule is CC.CCC(CCO)CCCN1CCNCC1. The second kappa shape index (κ2) is 12.3. The van der Waals surface area contributed by atoms with E-state index in [-0.39, 0.29) is 0 Å². The molecule has 17 heavy (non-hydrogen) atoms. The average molecular weight is 244 g/mol. The summed E-state index contributed by atoms with van der Waals surface area (Å²) in [7, 11) is 0. The van der Waals surface area contributed by atoms with Crippen LogP contribution in [0.3, 0.4) is 0 Å². The van der Waals surface area contributed by atoms with Crippen LogP contribution in [0, 0.1) is 5.92 Å². The predicted molar refractivity (Wildman–Crippen MR) is 75.4 cm³/mol. The van der Waals surface area contributed by atoms with Crippen molar-refractivity contribution in [3.8, 4) is 0 Å². The Bertz CT molecular complexity index is 142. The predicted octanol–water partition coefficient (Wildman–Crippen LogP) is 2.11. The minimum atomic E-state index is 0.353. The van der Waals surface area contributed by atoms with Gasteiger partial charge in [0.1, 0.15) is 0 Å². The van der Waals surface area contributed by atoms with E-state index in [1.807, 2.05) is 13.8 Å². The first-order valence-corrected chi connectivity index (χ1v) is 7.40. The molecule has 0 saturated carbocycles.